The van der Waals surface area contributed by atoms with Gasteiger partial charge in [-0.1, -0.05) is 0 Å². The van der Waals surface area contributed by atoms with Crippen LogP contribution in [0.5, 0.6) is 11.5 Å². The quantitative estimate of drug-likeness (QED) is 0.481. The molecule has 4 N–H and O–H groups in total. The molecule has 1 atom stereocenters. The topological polar surface area (TPSA) is 133 Å². The van der Waals surface area contributed by atoms with Crippen molar-refractivity contribution >= 4 is 16.0 Å². The van der Waals surface area contributed by atoms with E-state index in [1.54, 1.807) is 0 Å². The Hall–Kier alpha value is -1.84. The monoisotopic (exact) mass is 345 g/mol. The summed E-state index contributed by atoms with van der Waals surface area (Å²) >= 11 is 0. The number of carboxylic acids is 1. The minimum Gasteiger partial charge on any atom is -0.508 e. The fourth-order valence-corrected chi connectivity index (χ4v) is 3.04. The number of sulfonamides is 1. The van der Waals surface area contributed by atoms with Crippen molar-refractivity contribution in [2.45, 2.75) is 18.9 Å². The summed E-state index contributed by atoms with van der Waals surface area (Å²) in [5, 5.41) is 28.0. The lowest BCUT2D eigenvalue weighted by atomic mass is 10.1. The molecule has 8 nitrogen and oxygen atoms in total. The average Bonchev–Trinajstić information content (AvgIpc) is 3.24. The molecule has 1 aliphatic carbocycles. The maximum atomic E-state index is 12.0. The van der Waals surface area contributed by atoms with Crippen molar-refractivity contribution < 1.29 is 33.3 Å². The van der Waals surface area contributed by atoms with Crippen LogP contribution in [-0.4, -0.2) is 48.7 Å². The molecule has 9 heteroatoms. The Morgan fingerprint density at radius 3 is 2.39 bits per heavy atom. The van der Waals surface area contributed by atoms with Crippen LogP contribution < -0.4 is 4.72 Å². The molecule has 0 bridgehead atoms. The zero-order valence-electron chi connectivity index (χ0n) is 12.3. The van der Waals surface area contributed by atoms with Crippen LogP contribution in [0.1, 0.15) is 24.4 Å². The third-order valence-corrected chi connectivity index (χ3v) is 4.65. The Labute approximate surface area is 133 Å². The second-order valence-electron chi connectivity index (χ2n) is 5.51. The van der Waals surface area contributed by atoms with Crippen molar-refractivity contribution in [3.63, 3.8) is 0 Å². The summed E-state index contributed by atoms with van der Waals surface area (Å²) in [5.74, 6) is -2.03. The summed E-state index contributed by atoms with van der Waals surface area (Å²) in [6.45, 7) is 0.488. The number of aliphatic carboxylic acids is 1. The van der Waals surface area contributed by atoms with Gasteiger partial charge in [-0.3, -0.25) is 4.79 Å². The summed E-state index contributed by atoms with van der Waals surface area (Å²) < 4.78 is 31.2. The van der Waals surface area contributed by atoms with Gasteiger partial charge in [-0.25, -0.2) is 8.42 Å². The normalized spacial score (nSPS) is 16.2. The Kier molecular flexibility index (Phi) is 5.45. The molecular weight excluding hydrogens is 326 g/mol. The first-order chi connectivity index (χ1) is 10.8. The predicted octanol–water partition coefficient (Wildman–Crippen LogP) is 0.570. The van der Waals surface area contributed by atoms with Crippen LogP contribution in [0, 0.1) is 5.92 Å². The molecule has 1 aromatic rings. The maximum absolute atomic E-state index is 12.0. The van der Waals surface area contributed by atoms with E-state index in [-0.39, 0.29) is 29.4 Å². The van der Waals surface area contributed by atoms with E-state index in [0.717, 1.165) is 31.0 Å². The Morgan fingerprint density at radius 1 is 1.26 bits per heavy atom. The molecule has 23 heavy (non-hydrogen) atoms. The van der Waals surface area contributed by atoms with Crippen LogP contribution in [0.3, 0.4) is 0 Å². The van der Waals surface area contributed by atoms with E-state index < -0.39 is 22.0 Å². The van der Waals surface area contributed by atoms with Crippen LogP contribution in [0.15, 0.2) is 18.2 Å². The van der Waals surface area contributed by atoms with Crippen molar-refractivity contribution in [3.8, 4) is 11.5 Å². The van der Waals surface area contributed by atoms with Crippen LogP contribution in [-0.2, 0) is 19.6 Å². The second kappa shape index (κ2) is 7.16. The number of aromatic hydroxyl groups is 2. The van der Waals surface area contributed by atoms with Crippen molar-refractivity contribution in [3.05, 3.63) is 23.8 Å². The number of rotatable bonds is 9. The lowest BCUT2D eigenvalue weighted by Gasteiger charge is -2.16. The first-order valence-electron chi connectivity index (χ1n) is 7.10. The molecule has 128 valence electrons. The summed E-state index contributed by atoms with van der Waals surface area (Å²) in [6, 6.07) is 1.55. The highest BCUT2D eigenvalue weighted by molar-refractivity contribution is 7.89. The molecule has 1 unspecified atom stereocenters. The number of nitrogens with one attached hydrogen (secondary N) is 1. The summed E-state index contributed by atoms with van der Waals surface area (Å²) in [6.07, 6.45) is 2.18. The molecule has 0 heterocycles. The molecule has 1 aromatic carbocycles. The van der Waals surface area contributed by atoms with Crippen LogP contribution in [0.25, 0.3) is 0 Å². The van der Waals surface area contributed by atoms with E-state index in [2.05, 4.69) is 0 Å². The molecule has 1 aliphatic rings. The van der Waals surface area contributed by atoms with Crippen molar-refractivity contribution in [2.75, 3.05) is 19.0 Å². The van der Waals surface area contributed by atoms with Crippen LogP contribution in [0.2, 0.25) is 0 Å². The Morgan fingerprint density at radius 2 is 1.87 bits per heavy atom. The van der Waals surface area contributed by atoms with Crippen molar-refractivity contribution in [2.24, 2.45) is 5.92 Å². The van der Waals surface area contributed by atoms with Crippen molar-refractivity contribution in [1.82, 2.24) is 4.72 Å². The zero-order chi connectivity index (χ0) is 17.0. The third kappa shape index (κ3) is 5.70. The zero-order valence-corrected chi connectivity index (χ0v) is 13.1. The molecule has 0 aromatic heterocycles. The standard InChI is InChI=1S/C14H19NO7S/c16-11-5-10(6-12(17)7-11)13(14(18)19)15-23(20,21)4-3-22-8-9-1-2-9/h5-7,9,13,15-17H,1-4,8H2,(H,18,19). The van der Waals surface area contributed by atoms with E-state index in [0.29, 0.717) is 12.5 Å². The predicted molar refractivity (Wildman–Crippen MR) is 80.6 cm³/mol. The minimum atomic E-state index is -3.90. The number of phenols is 2. The minimum absolute atomic E-state index is 0.0243. The fraction of sp³-hybridized carbons (Fsp3) is 0.500. The van der Waals surface area contributed by atoms with E-state index in [4.69, 9.17) is 4.74 Å². The van der Waals surface area contributed by atoms with E-state index in [1.165, 1.54) is 0 Å². The number of carbonyl (C=O) groups is 1. The number of benzene rings is 1. The SMILES string of the molecule is O=C(O)C(NS(=O)(=O)CCOCC1CC1)c1cc(O)cc(O)c1. The first kappa shape index (κ1) is 17.5. The lowest BCUT2D eigenvalue weighted by Crippen LogP contribution is -2.36. The molecule has 0 amide bonds. The molecule has 0 aliphatic heterocycles. The van der Waals surface area contributed by atoms with Crippen molar-refractivity contribution in [1.29, 1.82) is 0 Å². The van der Waals surface area contributed by atoms with Gasteiger partial charge in [0.15, 0.2) is 0 Å². The molecule has 0 radical (unpaired) electrons. The Bertz CT molecular complexity index is 649. The molecule has 1 fully saturated rings. The smallest absolute Gasteiger partial charge is 0.326 e. The molecule has 0 saturated heterocycles. The Balaban J connectivity index is 2.00. The van der Waals surface area contributed by atoms with Crippen LogP contribution >= 0.6 is 0 Å². The van der Waals surface area contributed by atoms with E-state index in [1.807, 2.05) is 4.72 Å². The number of ether oxygens (including phenoxy) is 1. The van der Waals surface area contributed by atoms with E-state index >= 15 is 0 Å². The summed E-state index contributed by atoms with van der Waals surface area (Å²) in [4.78, 5) is 11.3. The highest BCUT2D eigenvalue weighted by Crippen LogP contribution is 2.28. The molecule has 1 saturated carbocycles. The molecule has 2 rings (SSSR count). The van der Waals surface area contributed by atoms with Gasteiger partial charge in [0, 0.05) is 12.7 Å². The number of carboxylic acid groups (broad SMARTS) is 1. The van der Waals surface area contributed by atoms with Gasteiger partial charge >= 0.3 is 5.97 Å². The fourth-order valence-electron chi connectivity index (χ4n) is 1.99. The number of phenolic OH excluding ortho intramolecular Hbond substituents is 2. The number of hydrogen-bond donors (Lipinski definition) is 4. The first-order valence-corrected chi connectivity index (χ1v) is 8.75. The van der Waals surface area contributed by atoms with Gasteiger partial charge in [-0.2, -0.15) is 4.72 Å². The highest BCUT2D eigenvalue weighted by Gasteiger charge is 2.27. The average molecular weight is 345 g/mol. The molecule has 0 spiro atoms. The summed E-state index contributed by atoms with van der Waals surface area (Å²) in [7, 11) is -3.90. The van der Waals surface area contributed by atoms with Gasteiger partial charge in [0.05, 0.1) is 12.4 Å². The molecular formula is C14H19NO7S. The lowest BCUT2D eigenvalue weighted by molar-refractivity contribution is -0.139. The third-order valence-electron chi connectivity index (χ3n) is 3.35. The van der Waals surface area contributed by atoms with Crippen LogP contribution in [0.4, 0.5) is 0 Å². The van der Waals surface area contributed by atoms with Gasteiger partial charge in [-0.05, 0) is 36.5 Å². The largest absolute Gasteiger partial charge is 0.508 e. The van der Waals surface area contributed by atoms with Gasteiger partial charge < -0.3 is 20.1 Å². The highest BCUT2D eigenvalue weighted by atomic mass is 32.2. The van der Waals surface area contributed by atoms with Gasteiger partial charge in [0.1, 0.15) is 17.5 Å². The van der Waals surface area contributed by atoms with Gasteiger partial charge in [-0.15, -0.1) is 0 Å². The maximum Gasteiger partial charge on any atom is 0.326 e. The number of hydrogen-bond acceptors (Lipinski definition) is 6. The summed E-state index contributed by atoms with van der Waals surface area (Å²) in [5.41, 5.74) is -0.0718. The van der Waals surface area contributed by atoms with E-state index in [9.17, 15) is 28.5 Å². The second-order valence-corrected chi connectivity index (χ2v) is 7.38. The van der Waals surface area contributed by atoms with Gasteiger partial charge in [0.25, 0.3) is 0 Å². The van der Waals surface area contributed by atoms with Gasteiger partial charge in [0.2, 0.25) is 10.0 Å².